The first-order valence-corrected chi connectivity index (χ1v) is 7.84. The molecule has 21 heavy (non-hydrogen) atoms. The van der Waals surface area contributed by atoms with E-state index in [9.17, 15) is 9.18 Å². The molecule has 114 valence electrons. The smallest absolute Gasteiger partial charge is 0.151 e. The highest BCUT2D eigenvalue weighted by Crippen LogP contribution is 2.28. The van der Waals surface area contributed by atoms with Gasteiger partial charge in [0.1, 0.15) is 5.82 Å². The van der Waals surface area contributed by atoms with Crippen LogP contribution >= 0.6 is 0 Å². The van der Waals surface area contributed by atoms with Gasteiger partial charge in [0.05, 0.1) is 19.3 Å². The minimum Gasteiger partial charge on any atom is -0.375 e. The van der Waals surface area contributed by atoms with Crippen LogP contribution in [-0.2, 0) is 16.0 Å². The Bertz CT molecular complexity index is 486. The first-order chi connectivity index (χ1) is 10.2. The number of nitrogens with zero attached hydrogens (tertiary/aromatic N) is 1. The van der Waals surface area contributed by atoms with Crippen LogP contribution in [-0.4, -0.2) is 42.5 Å². The van der Waals surface area contributed by atoms with Crippen molar-refractivity contribution in [3.8, 4) is 0 Å². The normalized spacial score (nSPS) is 26.3. The van der Waals surface area contributed by atoms with Crippen LogP contribution < -0.4 is 0 Å². The lowest BCUT2D eigenvalue weighted by molar-refractivity contribution is -0.126. The molecule has 1 heterocycles. The Kier molecular flexibility index (Phi) is 4.66. The van der Waals surface area contributed by atoms with Gasteiger partial charge in [0.15, 0.2) is 5.78 Å². The number of ether oxygens (including phenoxy) is 1. The van der Waals surface area contributed by atoms with Crippen LogP contribution in [0.3, 0.4) is 0 Å². The van der Waals surface area contributed by atoms with E-state index in [-0.39, 0.29) is 11.6 Å². The van der Waals surface area contributed by atoms with Gasteiger partial charge in [-0.2, -0.15) is 0 Å². The Labute approximate surface area is 125 Å². The highest BCUT2D eigenvalue weighted by atomic mass is 19.1. The van der Waals surface area contributed by atoms with E-state index in [0.29, 0.717) is 25.1 Å². The number of rotatable bonds is 4. The minimum absolute atomic E-state index is 0.202. The van der Waals surface area contributed by atoms with Gasteiger partial charge in [0.2, 0.25) is 0 Å². The third-order valence-corrected chi connectivity index (χ3v) is 4.54. The molecule has 1 saturated carbocycles. The molecule has 0 bridgehead atoms. The largest absolute Gasteiger partial charge is 0.375 e. The molecule has 2 aliphatic rings. The number of hydrogen-bond acceptors (Lipinski definition) is 3. The first kappa shape index (κ1) is 14.7. The minimum atomic E-state index is -0.260. The second-order valence-corrected chi connectivity index (χ2v) is 6.07. The molecule has 1 saturated heterocycles. The van der Waals surface area contributed by atoms with Crippen LogP contribution in [0.15, 0.2) is 24.3 Å². The van der Waals surface area contributed by atoms with Crippen molar-refractivity contribution in [2.75, 3.05) is 19.7 Å². The number of carbonyl (C=O) groups excluding carboxylic acids is 1. The Balaban J connectivity index is 1.57. The number of ketones is 1. The van der Waals surface area contributed by atoms with Gasteiger partial charge in [-0.15, -0.1) is 0 Å². The molecule has 0 amide bonds. The number of halogens is 1. The van der Waals surface area contributed by atoms with E-state index in [2.05, 4.69) is 4.90 Å². The molecule has 2 atom stereocenters. The lowest BCUT2D eigenvalue weighted by atomic mass is 9.90. The van der Waals surface area contributed by atoms with Gasteiger partial charge < -0.3 is 4.74 Å². The van der Waals surface area contributed by atoms with Gasteiger partial charge in [-0.3, -0.25) is 9.69 Å². The van der Waals surface area contributed by atoms with Crippen molar-refractivity contribution >= 4 is 5.78 Å². The number of morpholine rings is 1. The van der Waals surface area contributed by atoms with Crippen LogP contribution in [0.25, 0.3) is 0 Å². The highest BCUT2D eigenvalue weighted by molar-refractivity contribution is 5.82. The van der Waals surface area contributed by atoms with Gasteiger partial charge in [-0.25, -0.2) is 4.39 Å². The Morgan fingerprint density at radius 1 is 1.24 bits per heavy atom. The molecule has 0 radical (unpaired) electrons. The molecule has 3 nitrogen and oxygen atoms in total. The summed E-state index contributed by atoms with van der Waals surface area (Å²) in [7, 11) is 0. The Hall–Kier alpha value is -1.26. The third kappa shape index (κ3) is 3.69. The fraction of sp³-hybridized carbons (Fsp3) is 0.588. The van der Waals surface area contributed by atoms with Gasteiger partial charge in [0.25, 0.3) is 0 Å². The Morgan fingerprint density at radius 3 is 2.81 bits per heavy atom. The first-order valence-electron chi connectivity index (χ1n) is 7.84. The quantitative estimate of drug-likeness (QED) is 0.854. The maximum absolute atomic E-state index is 12.9. The number of carbonyl (C=O) groups is 1. The van der Waals surface area contributed by atoms with E-state index in [4.69, 9.17) is 4.74 Å². The Morgan fingerprint density at radius 2 is 2.00 bits per heavy atom. The monoisotopic (exact) mass is 291 g/mol. The summed E-state index contributed by atoms with van der Waals surface area (Å²) in [5, 5.41) is 0. The SMILES string of the molecule is O=C(Cc1ccc(F)cc1)CN1CCOC2CCCCC21. The summed E-state index contributed by atoms with van der Waals surface area (Å²) >= 11 is 0. The second kappa shape index (κ2) is 6.67. The van der Waals surface area contributed by atoms with E-state index in [1.54, 1.807) is 12.1 Å². The highest BCUT2D eigenvalue weighted by Gasteiger charge is 2.34. The molecule has 1 aromatic rings. The summed E-state index contributed by atoms with van der Waals surface area (Å²) in [6.07, 6.45) is 5.41. The molecule has 0 N–H and O–H groups in total. The van der Waals surface area contributed by atoms with Crippen molar-refractivity contribution < 1.29 is 13.9 Å². The number of Topliss-reactive ketones (excluding diaryl/α,β-unsaturated/α-hetero) is 1. The standard InChI is InChI=1S/C17H22FNO2/c18-14-7-5-13(6-8-14)11-15(20)12-19-9-10-21-17-4-2-1-3-16(17)19/h5-8,16-17H,1-4,9-12H2. The average Bonchev–Trinajstić information content (AvgIpc) is 2.50. The summed E-state index contributed by atoms with van der Waals surface area (Å²) < 4.78 is 18.7. The zero-order chi connectivity index (χ0) is 14.7. The zero-order valence-electron chi connectivity index (χ0n) is 12.3. The summed E-state index contributed by atoms with van der Waals surface area (Å²) in [6.45, 7) is 2.06. The molecule has 2 fully saturated rings. The molecule has 0 spiro atoms. The second-order valence-electron chi connectivity index (χ2n) is 6.07. The maximum atomic E-state index is 12.9. The van der Waals surface area contributed by atoms with Crippen LogP contribution in [0.2, 0.25) is 0 Å². The van der Waals surface area contributed by atoms with Crippen molar-refractivity contribution in [3.05, 3.63) is 35.6 Å². The van der Waals surface area contributed by atoms with Gasteiger partial charge >= 0.3 is 0 Å². The van der Waals surface area contributed by atoms with Gasteiger partial charge in [0, 0.05) is 19.0 Å². The topological polar surface area (TPSA) is 29.5 Å². The van der Waals surface area contributed by atoms with Crippen molar-refractivity contribution in [1.29, 1.82) is 0 Å². The van der Waals surface area contributed by atoms with E-state index in [1.807, 2.05) is 0 Å². The predicted molar refractivity (Wildman–Crippen MR) is 78.7 cm³/mol. The van der Waals surface area contributed by atoms with Crippen molar-refractivity contribution in [3.63, 3.8) is 0 Å². The molecule has 2 unspecified atom stereocenters. The molecule has 1 aromatic carbocycles. The number of benzene rings is 1. The third-order valence-electron chi connectivity index (χ3n) is 4.54. The van der Waals surface area contributed by atoms with Crippen LogP contribution in [0, 0.1) is 5.82 Å². The molecule has 1 aliphatic heterocycles. The fourth-order valence-electron chi connectivity index (χ4n) is 3.49. The molecule has 0 aromatic heterocycles. The zero-order valence-corrected chi connectivity index (χ0v) is 12.3. The maximum Gasteiger partial charge on any atom is 0.151 e. The van der Waals surface area contributed by atoms with Crippen LogP contribution in [0.1, 0.15) is 31.2 Å². The molecule has 4 heteroatoms. The predicted octanol–water partition coefficient (Wildman–Crippen LogP) is 2.58. The summed E-state index contributed by atoms with van der Waals surface area (Å²) in [4.78, 5) is 14.6. The van der Waals surface area contributed by atoms with E-state index < -0.39 is 0 Å². The van der Waals surface area contributed by atoms with Crippen molar-refractivity contribution in [2.24, 2.45) is 0 Å². The van der Waals surface area contributed by atoms with Crippen molar-refractivity contribution in [2.45, 2.75) is 44.2 Å². The summed E-state index contributed by atoms with van der Waals surface area (Å²) in [6, 6.07) is 6.61. The molecular formula is C17H22FNO2. The van der Waals surface area contributed by atoms with E-state index >= 15 is 0 Å². The summed E-state index contributed by atoms with van der Waals surface area (Å²) in [5.41, 5.74) is 0.884. The van der Waals surface area contributed by atoms with Gasteiger partial charge in [-0.05, 0) is 30.5 Å². The fourth-order valence-corrected chi connectivity index (χ4v) is 3.49. The van der Waals surface area contributed by atoms with Crippen LogP contribution in [0.4, 0.5) is 4.39 Å². The molecular weight excluding hydrogens is 269 g/mol. The number of hydrogen-bond donors (Lipinski definition) is 0. The molecule has 1 aliphatic carbocycles. The van der Waals surface area contributed by atoms with Crippen molar-refractivity contribution in [1.82, 2.24) is 4.90 Å². The van der Waals surface area contributed by atoms with Crippen LogP contribution in [0.5, 0.6) is 0 Å². The number of fused-ring (bicyclic) bond motifs is 1. The van der Waals surface area contributed by atoms with Gasteiger partial charge in [-0.1, -0.05) is 25.0 Å². The summed E-state index contributed by atoms with van der Waals surface area (Å²) in [5.74, 6) is -0.0581. The lowest BCUT2D eigenvalue weighted by Crippen LogP contribution is -2.54. The molecule has 3 rings (SSSR count). The van der Waals surface area contributed by atoms with E-state index in [0.717, 1.165) is 31.6 Å². The van der Waals surface area contributed by atoms with E-state index in [1.165, 1.54) is 25.0 Å². The lowest BCUT2D eigenvalue weighted by Gasteiger charge is -2.43. The average molecular weight is 291 g/mol.